The van der Waals surface area contributed by atoms with Crippen molar-refractivity contribution in [2.24, 2.45) is 0 Å². The predicted molar refractivity (Wildman–Crippen MR) is 102 cm³/mol. The number of ketones is 1. The topological polar surface area (TPSA) is 52.0 Å². The molecule has 1 atom stereocenters. The summed E-state index contributed by atoms with van der Waals surface area (Å²) in [5.41, 5.74) is 0.965. The number of benzene rings is 2. The SMILES string of the molecule is CCCn1c(SC(C)C(=O)c2ccc(F)cc2)nc2ccccc2c1=O. The minimum absolute atomic E-state index is 0.0959. The highest BCUT2D eigenvalue weighted by atomic mass is 32.2. The molecule has 1 aromatic heterocycles. The number of fused-ring (bicyclic) bond motifs is 1. The summed E-state index contributed by atoms with van der Waals surface area (Å²) in [6.45, 7) is 4.30. The number of hydrogen-bond acceptors (Lipinski definition) is 4. The van der Waals surface area contributed by atoms with Crippen LogP contribution in [-0.2, 0) is 6.54 Å². The molecule has 0 bridgehead atoms. The van der Waals surface area contributed by atoms with Crippen LogP contribution in [0.3, 0.4) is 0 Å². The van der Waals surface area contributed by atoms with Crippen molar-refractivity contribution >= 4 is 28.4 Å². The molecule has 0 saturated carbocycles. The van der Waals surface area contributed by atoms with Gasteiger partial charge in [0.05, 0.1) is 16.2 Å². The van der Waals surface area contributed by atoms with Crippen LogP contribution in [0.25, 0.3) is 10.9 Å². The first-order valence-electron chi connectivity index (χ1n) is 8.47. The van der Waals surface area contributed by atoms with Crippen molar-refractivity contribution in [3.63, 3.8) is 0 Å². The zero-order chi connectivity index (χ0) is 18.7. The van der Waals surface area contributed by atoms with E-state index in [1.54, 1.807) is 23.6 Å². The van der Waals surface area contributed by atoms with Gasteiger partial charge in [-0.3, -0.25) is 14.2 Å². The van der Waals surface area contributed by atoms with Crippen LogP contribution >= 0.6 is 11.8 Å². The summed E-state index contributed by atoms with van der Waals surface area (Å²) in [5.74, 6) is -0.504. The molecule has 26 heavy (non-hydrogen) atoms. The Kier molecular flexibility index (Phi) is 5.52. The summed E-state index contributed by atoms with van der Waals surface area (Å²) in [5, 5.41) is 0.651. The van der Waals surface area contributed by atoms with Crippen molar-refractivity contribution in [3.05, 3.63) is 70.3 Å². The lowest BCUT2D eigenvalue weighted by atomic mass is 10.1. The predicted octanol–water partition coefficient (Wildman–Crippen LogP) is 4.31. The maximum Gasteiger partial charge on any atom is 0.262 e. The molecule has 3 aromatic rings. The Morgan fingerprint density at radius 2 is 1.88 bits per heavy atom. The van der Waals surface area contributed by atoms with Crippen LogP contribution in [0.5, 0.6) is 0 Å². The van der Waals surface area contributed by atoms with Gasteiger partial charge >= 0.3 is 0 Å². The molecule has 6 heteroatoms. The smallest absolute Gasteiger partial charge is 0.262 e. The minimum Gasteiger partial charge on any atom is -0.293 e. The van der Waals surface area contributed by atoms with Crippen molar-refractivity contribution in [2.75, 3.05) is 0 Å². The van der Waals surface area contributed by atoms with E-state index in [1.165, 1.54) is 36.0 Å². The first-order chi connectivity index (χ1) is 12.5. The van der Waals surface area contributed by atoms with Crippen LogP contribution in [0.1, 0.15) is 30.6 Å². The standard InChI is InChI=1S/C20H19FN2O2S/c1-3-12-23-19(25)16-6-4-5-7-17(16)22-20(23)26-13(2)18(24)14-8-10-15(21)11-9-14/h4-11,13H,3,12H2,1-2H3. The highest BCUT2D eigenvalue weighted by Crippen LogP contribution is 2.25. The average molecular weight is 370 g/mol. The molecule has 0 aliphatic heterocycles. The molecule has 1 unspecified atom stereocenters. The van der Waals surface area contributed by atoms with Gasteiger partial charge in [0.1, 0.15) is 5.82 Å². The second-order valence-electron chi connectivity index (χ2n) is 6.00. The fourth-order valence-corrected chi connectivity index (χ4v) is 3.73. The molecule has 4 nitrogen and oxygen atoms in total. The Balaban J connectivity index is 1.96. The van der Waals surface area contributed by atoms with Gasteiger partial charge in [0.15, 0.2) is 10.9 Å². The fraction of sp³-hybridized carbons (Fsp3) is 0.250. The van der Waals surface area contributed by atoms with E-state index in [-0.39, 0.29) is 17.2 Å². The summed E-state index contributed by atoms with van der Waals surface area (Å²) in [6.07, 6.45) is 0.785. The van der Waals surface area contributed by atoms with E-state index < -0.39 is 5.25 Å². The quantitative estimate of drug-likeness (QED) is 0.369. The molecule has 134 valence electrons. The highest BCUT2D eigenvalue weighted by Gasteiger charge is 2.20. The van der Waals surface area contributed by atoms with Gasteiger partial charge in [-0.15, -0.1) is 0 Å². The molecule has 0 radical (unpaired) electrons. The van der Waals surface area contributed by atoms with Crippen molar-refractivity contribution < 1.29 is 9.18 Å². The molecule has 3 rings (SSSR count). The number of aromatic nitrogens is 2. The summed E-state index contributed by atoms with van der Waals surface area (Å²) in [4.78, 5) is 30.0. The van der Waals surface area contributed by atoms with Gasteiger partial charge in [-0.05, 0) is 49.7 Å². The average Bonchev–Trinajstić information content (AvgIpc) is 2.65. The van der Waals surface area contributed by atoms with Crippen molar-refractivity contribution in [2.45, 2.75) is 37.2 Å². The number of carbonyl (C=O) groups is 1. The normalized spacial score (nSPS) is 12.3. The summed E-state index contributed by atoms with van der Waals surface area (Å²) >= 11 is 1.25. The number of halogens is 1. The van der Waals surface area contributed by atoms with E-state index in [1.807, 2.05) is 19.1 Å². The Morgan fingerprint density at radius 3 is 2.58 bits per heavy atom. The Morgan fingerprint density at radius 1 is 1.19 bits per heavy atom. The number of carbonyl (C=O) groups excluding carboxylic acids is 1. The lowest BCUT2D eigenvalue weighted by Gasteiger charge is -2.15. The first-order valence-corrected chi connectivity index (χ1v) is 9.35. The third-order valence-electron chi connectivity index (χ3n) is 4.05. The van der Waals surface area contributed by atoms with Gasteiger partial charge in [-0.1, -0.05) is 30.8 Å². The van der Waals surface area contributed by atoms with Crippen molar-refractivity contribution in [1.29, 1.82) is 0 Å². The van der Waals surface area contributed by atoms with Gasteiger partial charge in [0.2, 0.25) is 0 Å². The summed E-state index contributed by atoms with van der Waals surface area (Å²) < 4.78 is 14.7. The second-order valence-corrected chi connectivity index (χ2v) is 7.31. The number of Topliss-reactive ketones (excluding diaryl/α,β-unsaturated/α-hetero) is 1. The Labute approximate surface area is 155 Å². The molecule has 0 aliphatic carbocycles. The third-order valence-corrected chi connectivity index (χ3v) is 5.14. The van der Waals surface area contributed by atoms with Crippen LogP contribution in [0.2, 0.25) is 0 Å². The maximum atomic E-state index is 13.1. The monoisotopic (exact) mass is 370 g/mol. The number of nitrogens with zero attached hydrogens (tertiary/aromatic N) is 2. The largest absolute Gasteiger partial charge is 0.293 e. The van der Waals surface area contributed by atoms with Gasteiger partial charge in [-0.25, -0.2) is 9.37 Å². The fourth-order valence-electron chi connectivity index (χ4n) is 2.72. The zero-order valence-corrected chi connectivity index (χ0v) is 15.4. The lowest BCUT2D eigenvalue weighted by molar-refractivity contribution is 0.0994. The van der Waals surface area contributed by atoms with Crippen molar-refractivity contribution in [3.8, 4) is 0 Å². The summed E-state index contributed by atoms with van der Waals surface area (Å²) in [7, 11) is 0. The third kappa shape index (κ3) is 3.70. The summed E-state index contributed by atoms with van der Waals surface area (Å²) in [6, 6.07) is 12.7. The molecule has 0 aliphatic rings. The van der Waals surface area contributed by atoms with Crippen LogP contribution in [0.15, 0.2) is 58.5 Å². The van der Waals surface area contributed by atoms with Gasteiger partial charge in [0.25, 0.3) is 5.56 Å². The highest BCUT2D eigenvalue weighted by molar-refractivity contribution is 8.00. The van der Waals surface area contributed by atoms with Gasteiger partial charge in [0, 0.05) is 12.1 Å². The lowest BCUT2D eigenvalue weighted by Crippen LogP contribution is -2.25. The zero-order valence-electron chi connectivity index (χ0n) is 14.6. The molecular weight excluding hydrogens is 351 g/mol. The number of para-hydroxylation sites is 1. The Hall–Kier alpha value is -2.47. The number of hydrogen-bond donors (Lipinski definition) is 0. The molecule has 0 N–H and O–H groups in total. The van der Waals surface area contributed by atoms with E-state index in [0.29, 0.717) is 28.2 Å². The van der Waals surface area contributed by atoms with E-state index >= 15 is 0 Å². The molecule has 0 fully saturated rings. The van der Waals surface area contributed by atoms with Crippen LogP contribution in [0.4, 0.5) is 4.39 Å². The maximum absolute atomic E-state index is 13.1. The molecule has 0 saturated heterocycles. The molecular formula is C20H19FN2O2S. The van der Waals surface area contributed by atoms with Crippen molar-refractivity contribution in [1.82, 2.24) is 9.55 Å². The number of thioether (sulfide) groups is 1. The van der Waals surface area contributed by atoms with Gasteiger partial charge < -0.3 is 0 Å². The van der Waals surface area contributed by atoms with Crippen LogP contribution < -0.4 is 5.56 Å². The van der Waals surface area contributed by atoms with Crippen LogP contribution in [-0.4, -0.2) is 20.6 Å². The van der Waals surface area contributed by atoms with E-state index in [0.717, 1.165) is 6.42 Å². The first kappa shape index (κ1) is 18.3. The molecule has 1 heterocycles. The van der Waals surface area contributed by atoms with E-state index in [9.17, 15) is 14.0 Å². The van der Waals surface area contributed by atoms with Gasteiger partial charge in [-0.2, -0.15) is 0 Å². The van der Waals surface area contributed by atoms with Crippen LogP contribution in [0, 0.1) is 5.82 Å². The number of rotatable bonds is 6. The minimum atomic E-state index is -0.448. The molecule has 0 amide bonds. The Bertz CT molecular complexity index is 999. The molecule has 2 aromatic carbocycles. The molecule has 0 spiro atoms. The second kappa shape index (κ2) is 7.83. The van der Waals surface area contributed by atoms with E-state index in [2.05, 4.69) is 4.98 Å². The van der Waals surface area contributed by atoms with E-state index in [4.69, 9.17) is 0 Å².